The fraction of sp³-hybridized carbons (Fsp3) is 0.238. The highest BCUT2D eigenvalue weighted by Gasteiger charge is 2.24. The van der Waals surface area contributed by atoms with Gasteiger partial charge in [0.2, 0.25) is 0 Å². The van der Waals surface area contributed by atoms with Crippen molar-refractivity contribution in [2.45, 2.75) is 13.3 Å². The van der Waals surface area contributed by atoms with Gasteiger partial charge in [0.1, 0.15) is 17.6 Å². The molecule has 150 valence electrons. The molecule has 7 nitrogen and oxygen atoms in total. The number of methoxy groups -OCH3 is 1. The Bertz CT molecular complexity index is 1170. The van der Waals surface area contributed by atoms with Crippen molar-refractivity contribution in [3.63, 3.8) is 0 Å². The smallest absolute Gasteiger partial charge is 0.347 e. The van der Waals surface area contributed by atoms with Crippen LogP contribution in [0.4, 0.5) is 4.39 Å². The number of pyridine rings is 2. The minimum Gasteiger partial charge on any atom is -0.493 e. The number of aldehydes is 1. The Balaban J connectivity index is 2.15. The molecular formula is C21H19FN2O5. The molecule has 0 unspecified atom stereocenters. The van der Waals surface area contributed by atoms with Gasteiger partial charge >= 0.3 is 5.97 Å². The molecule has 0 saturated heterocycles. The standard InChI is InChI=1S/C21H19FN2O5/c1-4-29-21(27)17-19(28-3)18-16(24(2)20(17)26)8-12(10-23-18)7-13-5-6-15(22)9-14(13)11-25/h5-6,8-11H,4,7H2,1-3H3. The average Bonchev–Trinajstić information content (AvgIpc) is 2.71. The summed E-state index contributed by atoms with van der Waals surface area (Å²) in [5, 5.41) is 0. The Hall–Kier alpha value is -3.55. The first-order valence-corrected chi connectivity index (χ1v) is 8.87. The van der Waals surface area contributed by atoms with Crippen LogP contribution in [-0.4, -0.2) is 35.5 Å². The molecule has 0 aliphatic rings. The first kappa shape index (κ1) is 20.2. The second-order valence-corrected chi connectivity index (χ2v) is 6.34. The lowest BCUT2D eigenvalue weighted by Gasteiger charge is -2.14. The van der Waals surface area contributed by atoms with E-state index in [1.54, 1.807) is 19.2 Å². The zero-order valence-electron chi connectivity index (χ0n) is 16.2. The maximum absolute atomic E-state index is 13.4. The average molecular weight is 398 g/mol. The van der Waals surface area contributed by atoms with Gasteiger partial charge in [0.25, 0.3) is 5.56 Å². The molecule has 0 aliphatic heterocycles. The molecular weight excluding hydrogens is 379 g/mol. The van der Waals surface area contributed by atoms with Gasteiger partial charge in [-0.1, -0.05) is 6.07 Å². The highest BCUT2D eigenvalue weighted by molar-refractivity contribution is 5.98. The molecule has 3 rings (SSSR count). The van der Waals surface area contributed by atoms with Crippen LogP contribution in [0.25, 0.3) is 11.0 Å². The molecule has 0 radical (unpaired) electrons. The van der Waals surface area contributed by atoms with Gasteiger partial charge in [-0.25, -0.2) is 9.18 Å². The number of esters is 1. The first-order chi connectivity index (χ1) is 13.9. The predicted octanol–water partition coefficient (Wildman–Crippen LogP) is 2.66. The van der Waals surface area contributed by atoms with E-state index in [0.717, 1.165) is 0 Å². The number of nitrogens with zero attached hydrogens (tertiary/aromatic N) is 2. The predicted molar refractivity (Wildman–Crippen MR) is 104 cm³/mol. The van der Waals surface area contributed by atoms with Crippen molar-refractivity contribution in [1.29, 1.82) is 0 Å². The third-order valence-corrected chi connectivity index (χ3v) is 4.56. The zero-order chi connectivity index (χ0) is 21.1. The summed E-state index contributed by atoms with van der Waals surface area (Å²) in [6.45, 7) is 1.76. The second kappa shape index (κ2) is 8.22. The van der Waals surface area contributed by atoms with E-state index in [9.17, 15) is 18.8 Å². The lowest BCUT2D eigenvalue weighted by atomic mass is 10.0. The Morgan fingerprint density at radius 1 is 1.31 bits per heavy atom. The van der Waals surface area contributed by atoms with Gasteiger partial charge in [0.05, 0.1) is 19.2 Å². The van der Waals surface area contributed by atoms with E-state index in [-0.39, 0.29) is 23.5 Å². The van der Waals surface area contributed by atoms with E-state index in [2.05, 4.69) is 4.98 Å². The summed E-state index contributed by atoms with van der Waals surface area (Å²) in [5.41, 5.74) is 1.57. The van der Waals surface area contributed by atoms with Crippen molar-refractivity contribution in [3.8, 4) is 5.75 Å². The summed E-state index contributed by atoms with van der Waals surface area (Å²) in [5.74, 6) is -1.23. The lowest BCUT2D eigenvalue weighted by molar-refractivity contribution is 0.0520. The zero-order valence-corrected chi connectivity index (χ0v) is 16.2. The fourth-order valence-electron chi connectivity index (χ4n) is 3.15. The van der Waals surface area contributed by atoms with Crippen molar-refractivity contribution in [2.24, 2.45) is 7.05 Å². The summed E-state index contributed by atoms with van der Waals surface area (Å²) < 4.78 is 24.9. The maximum Gasteiger partial charge on any atom is 0.347 e. The van der Waals surface area contributed by atoms with E-state index >= 15 is 0 Å². The van der Waals surface area contributed by atoms with Crippen molar-refractivity contribution >= 4 is 23.3 Å². The molecule has 0 fully saturated rings. The molecule has 0 bridgehead atoms. The molecule has 2 aromatic heterocycles. The molecule has 0 saturated carbocycles. The van der Waals surface area contributed by atoms with Crippen LogP contribution in [0.1, 0.15) is 38.8 Å². The number of ether oxygens (including phenoxy) is 2. The molecule has 1 aromatic carbocycles. The number of fused-ring (bicyclic) bond motifs is 1. The van der Waals surface area contributed by atoms with Crippen LogP contribution in [0.5, 0.6) is 5.75 Å². The van der Waals surface area contributed by atoms with Gasteiger partial charge < -0.3 is 14.0 Å². The van der Waals surface area contributed by atoms with E-state index in [0.29, 0.717) is 34.9 Å². The van der Waals surface area contributed by atoms with Gasteiger partial charge in [-0.05, 0) is 42.7 Å². The summed E-state index contributed by atoms with van der Waals surface area (Å²) in [7, 11) is 2.87. The number of carbonyl (C=O) groups excluding carboxylic acids is 2. The Kier molecular flexibility index (Phi) is 5.72. The Morgan fingerprint density at radius 3 is 2.72 bits per heavy atom. The Morgan fingerprint density at radius 2 is 2.07 bits per heavy atom. The highest BCUT2D eigenvalue weighted by Crippen LogP contribution is 2.27. The number of carbonyl (C=O) groups is 2. The molecule has 0 amide bonds. The number of rotatable bonds is 6. The molecule has 29 heavy (non-hydrogen) atoms. The van der Waals surface area contributed by atoms with Crippen LogP contribution in [0.3, 0.4) is 0 Å². The van der Waals surface area contributed by atoms with Gasteiger partial charge in [-0.3, -0.25) is 14.6 Å². The van der Waals surface area contributed by atoms with E-state index in [1.807, 2.05) is 0 Å². The van der Waals surface area contributed by atoms with Crippen LogP contribution in [0.2, 0.25) is 0 Å². The first-order valence-electron chi connectivity index (χ1n) is 8.87. The molecule has 2 heterocycles. The minimum atomic E-state index is -0.778. The SMILES string of the molecule is CCOC(=O)c1c(OC)c2ncc(Cc3ccc(F)cc3C=O)cc2n(C)c1=O. The highest BCUT2D eigenvalue weighted by atomic mass is 19.1. The third-order valence-electron chi connectivity index (χ3n) is 4.56. The van der Waals surface area contributed by atoms with Gasteiger partial charge in [0, 0.05) is 18.8 Å². The quantitative estimate of drug-likeness (QED) is 0.469. The van der Waals surface area contributed by atoms with Gasteiger partial charge in [0.15, 0.2) is 11.3 Å². The summed E-state index contributed by atoms with van der Waals surface area (Å²) in [6.07, 6.45) is 2.47. The molecule has 0 N–H and O–H groups in total. The second-order valence-electron chi connectivity index (χ2n) is 6.34. The molecule has 3 aromatic rings. The normalized spacial score (nSPS) is 10.8. The van der Waals surface area contributed by atoms with Crippen molar-refractivity contribution in [3.05, 3.63) is 68.9 Å². The van der Waals surface area contributed by atoms with Crippen LogP contribution in [-0.2, 0) is 18.2 Å². The van der Waals surface area contributed by atoms with Gasteiger partial charge in [-0.2, -0.15) is 0 Å². The topological polar surface area (TPSA) is 87.5 Å². The van der Waals surface area contributed by atoms with Crippen molar-refractivity contribution in [1.82, 2.24) is 9.55 Å². The number of hydrogen-bond donors (Lipinski definition) is 0. The fourth-order valence-corrected chi connectivity index (χ4v) is 3.15. The minimum absolute atomic E-state index is 0.0449. The largest absolute Gasteiger partial charge is 0.493 e. The van der Waals surface area contributed by atoms with Crippen LogP contribution >= 0.6 is 0 Å². The Labute approximate surface area is 165 Å². The summed E-state index contributed by atoms with van der Waals surface area (Å²) in [6, 6.07) is 5.70. The number of aryl methyl sites for hydroxylation is 1. The third kappa shape index (κ3) is 3.73. The number of aromatic nitrogens is 2. The molecule has 0 aliphatic carbocycles. The summed E-state index contributed by atoms with van der Waals surface area (Å²) in [4.78, 5) is 40.6. The summed E-state index contributed by atoms with van der Waals surface area (Å²) >= 11 is 0. The molecule has 0 atom stereocenters. The lowest BCUT2D eigenvalue weighted by Crippen LogP contribution is -2.27. The van der Waals surface area contributed by atoms with E-state index in [1.165, 1.54) is 36.9 Å². The van der Waals surface area contributed by atoms with E-state index in [4.69, 9.17) is 9.47 Å². The number of benzene rings is 1. The van der Waals surface area contributed by atoms with Crippen molar-refractivity contribution < 1.29 is 23.5 Å². The number of halogens is 1. The molecule has 8 heteroatoms. The van der Waals surface area contributed by atoms with E-state index < -0.39 is 17.3 Å². The molecule has 0 spiro atoms. The monoisotopic (exact) mass is 398 g/mol. The van der Waals surface area contributed by atoms with Crippen molar-refractivity contribution in [2.75, 3.05) is 13.7 Å². The van der Waals surface area contributed by atoms with Crippen LogP contribution < -0.4 is 10.3 Å². The van der Waals surface area contributed by atoms with Gasteiger partial charge in [-0.15, -0.1) is 0 Å². The van der Waals surface area contributed by atoms with Crippen LogP contribution in [0.15, 0.2) is 35.3 Å². The van der Waals surface area contributed by atoms with Crippen LogP contribution in [0, 0.1) is 5.82 Å². The maximum atomic E-state index is 13.4. The number of hydrogen-bond acceptors (Lipinski definition) is 6.